The molecule has 2 rings (SSSR count). The second-order valence-corrected chi connectivity index (χ2v) is 5.42. The van der Waals surface area contributed by atoms with Crippen molar-refractivity contribution in [1.82, 2.24) is 0 Å². The summed E-state index contributed by atoms with van der Waals surface area (Å²) in [4.78, 5) is 10.7. The summed E-state index contributed by atoms with van der Waals surface area (Å²) in [5, 5.41) is 6.92. The SMILES string of the molecule is CC(Nc1ccc(NC(N)=O)cc1)c1ccc(Cl)c(Cl)c1. The van der Waals surface area contributed by atoms with Gasteiger partial charge in [-0.05, 0) is 48.9 Å². The summed E-state index contributed by atoms with van der Waals surface area (Å²) >= 11 is 11.9. The molecule has 0 aliphatic carbocycles. The Kier molecular flexibility index (Phi) is 4.94. The zero-order valence-corrected chi connectivity index (χ0v) is 12.9. The van der Waals surface area contributed by atoms with Crippen LogP contribution in [-0.2, 0) is 0 Å². The largest absolute Gasteiger partial charge is 0.379 e. The standard InChI is InChI=1S/C15H15Cl2N3O/c1-9(10-2-7-13(16)14(17)8-10)19-11-3-5-12(6-4-11)20-15(18)21/h2-9,19H,1H3,(H3,18,20,21). The number of hydrogen-bond donors (Lipinski definition) is 3. The first-order valence-corrected chi connectivity index (χ1v) is 7.09. The lowest BCUT2D eigenvalue weighted by Crippen LogP contribution is -2.19. The van der Waals surface area contributed by atoms with Crippen LogP contribution >= 0.6 is 23.2 Å². The summed E-state index contributed by atoms with van der Waals surface area (Å²) in [7, 11) is 0. The molecular weight excluding hydrogens is 309 g/mol. The van der Waals surface area contributed by atoms with Crippen molar-refractivity contribution in [1.29, 1.82) is 0 Å². The van der Waals surface area contributed by atoms with Gasteiger partial charge in [-0.2, -0.15) is 0 Å². The fourth-order valence-electron chi connectivity index (χ4n) is 1.91. The van der Waals surface area contributed by atoms with Gasteiger partial charge >= 0.3 is 6.03 Å². The van der Waals surface area contributed by atoms with Crippen molar-refractivity contribution in [2.45, 2.75) is 13.0 Å². The second kappa shape index (κ2) is 6.70. The minimum Gasteiger partial charge on any atom is -0.379 e. The Balaban J connectivity index is 2.06. The highest BCUT2D eigenvalue weighted by atomic mass is 35.5. The molecule has 0 aromatic heterocycles. The minimum absolute atomic E-state index is 0.0646. The number of primary amides is 1. The maximum atomic E-state index is 10.7. The monoisotopic (exact) mass is 323 g/mol. The fraction of sp³-hybridized carbons (Fsp3) is 0.133. The third-order valence-electron chi connectivity index (χ3n) is 2.98. The highest BCUT2D eigenvalue weighted by Gasteiger charge is 2.08. The van der Waals surface area contributed by atoms with Crippen LogP contribution in [-0.4, -0.2) is 6.03 Å². The Bertz CT molecular complexity index is 644. The molecule has 0 heterocycles. The van der Waals surface area contributed by atoms with Crippen LogP contribution in [0.25, 0.3) is 0 Å². The Morgan fingerprint density at radius 2 is 1.67 bits per heavy atom. The summed E-state index contributed by atoms with van der Waals surface area (Å²) < 4.78 is 0. The molecule has 2 aromatic carbocycles. The molecule has 0 saturated carbocycles. The van der Waals surface area contributed by atoms with Gasteiger partial charge in [0, 0.05) is 17.4 Å². The average Bonchev–Trinajstić information content (AvgIpc) is 2.43. The molecule has 1 atom stereocenters. The molecule has 2 aromatic rings. The normalized spacial score (nSPS) is 11.8. The van der Waals surface area contributed by atoms with Crippen LogP contribution in [0, 0.1) is 0 Å². The highest BCUT2D eigenvalue weighted by molar-refractivity contribution is 6.42. The molecule has 0 aliphatic rings. The molecule has 0 aliphatic heterocycles. The molecule has 0 saturated heterocycles. The third-order valence-corrected chi connectivity index (χ3v) is 3.72. The lowest BCUT2D eigenvalue weighted by Gasteiger charge is -2.16. The number of carbonyl (C=O) groups excluding carboxylic acids is 1. The number of nitrogens with two attached hydrogens (primary N) is 1. The van der Waals surface area contributed by atoms with Gasteiger partial charge in [-0.25, -0.2) is 4.79 Å². The van der Waals surface area contributed by atoms with Gasteiger partial charge < -0.3 is 16.4 Å². The Morgan fingerprint density at radius 3 is 2.24 bits per heavy atom. The zero-order chi connectivity index (χ0) is 15.4. The van der Waals surface area contributed by atoms with E-state index in [1.54, 1.807) is 18.2 Å². The van der Waals surface area contributed by atoms with Crippen LogP contribution < -0.4 is 16.4 Å². The van der Waals surface area contributed by atoms with Crippen molar-refractivity contribution in [2.75, 3.05) is 10.6 Å². The van der Waals surface area contributed by atoms with Crippen molar-refractivity contribution in [3.8, 4) is 0 Å². The first-order chi connectivity index (χ1) is 9.95. The minimum atomic E-state index is -0.583. The van der Waals surface area contributed by atoms with Gasteiger partial charge in [-0.3, -0.25) is 0 Å². The van der Waals surface area contributed by atoms with E-state index in [9.17, 15) is 4.79 Å². The molecule has 110 valence electrons. The van der Waals surface area contributed by atoms with Crippen molar-refractivity contribution in [3.05, 3.63) is 58.1 Å². The van der Waals surface area contributed by atoms with Gasteiger partial charge in [0.05, 0.1) is 10.0 Å². The van der Waals surface area contributed by atoms with E-state index in [0.29, 0.717) is 15.7 Å². The number of carbonyl (C=O) groups is 1. The van der Waals surface area contributed by atoms with E-state index in [4.69, 9.17) is 28.9 Å². The molecule has 0 bridgehead atoms. The van der Waals surface area contributed by atoms with Crippen molar-refractivity contribution in [2.24, 2.45) is 5.73 Å². The number of urea groups is 1. The van der Waals surface area contributed by atoms with Gasteiger partial charge in [0.25, 0.3) is 0 Å². The van der Waals surface area contributed by atoms with E-state index in [1.807, 2.05) is 31.2 Å². The number of nitrogens with one attached hydrogen (secondary N) is 2. The lowest BCUT2D eigenvalue weighted by molar-refractivity contribution is 0.259. The van der Waals surface area contributed by atoms with E-state index >= 15 is 0 Å². The van der Waals surface area contributed by atoms with Crippen LogP contribution in [0.5, 0.6) is 0 Å². The fourth-order valence-corrected chi connectivity index (χ4v) is 2.21. The summed E-state index contributed by atoms with van der Waals surface area (Å²) in [6.07, 6.45) is 0. The zero-order valence-electron chi connectivity index (χ0n) is 11.4. The van der Waals surface area contributed by atoms with E-state index in [-0.39, 0.29) is 6.04 Å². The van der Waals surface area contributed by atoms with Gasteiger partial charge in [0.2, 0.25) is 0 Å². The predicted molar refractivity (Wildman–Crippen MR) is 88.1 cm³/mol. The van der Waals surface area contributed by atoms with Gasteiger partial charge in [-0.15, -0.1) is 0 Å². The highest BCUT2D eigenvalue weighted by Crippen LogP contribution is 2.27. The van der Waals surface area contributed by atoms with Crippen LogP contribution in [0.4, 0.5) is 16.2 Å². The first-order valence-electron chi connectivity index (χ1n) is 6.33. The maximum absolute atomic E-state index is 10.7. The Labute approximate surface area is 133 Å². The summed E-state index contributed by atoms with van der Waals surface area (Å²) in [6.45, 7) is 2.02. The van der Waals surface area contributed by atoms with Crippen molar-refractivity contribution < 1.29 is 4.79 Å². The van der Waals surface area contributed by atoms with Crippen LogP contribution in [0.1, 0.15) is 18.5 Å². The molecule has 0 spiro atoms. The number of rotatable bonds is 4. The number of halogens is 2. The molecule has 4 nitrogen and oxygen atoms in total. The molecule has 0 fully saturated rings. The van der Waals surface area contributed by atoms with Crippen LogP contribution in [0.3, 0.4) is 0 Å². The van der Waals surface area contributed by atoms with E-state index in [2.05, 4.69) is 10.6 Å². The molecule has 1 unspecified atom stereocenters. The third kappa shape index (κ3) is 4.28. The predicted octanol–water partition coefficient (Wildman–Crippen LogP) is 4.66. The summed E-state index contributed by atoms with van der Waals surface area (Å²) in [6, 6.07) is 12.3. The van der Waals surface area contributed by atoms with Gasteiger partial charge in [0.1, 0.15) is 0 Å². The topological polar surface area (TPSA) is 67.2 Å². The summed E-state index contributed by atoms with van der Waals surface area (Å²) in [5.74, 6) is 0. The molecule has 21 heavy (non-hydrogen) atoms. The van der Waals surface area contributed by atoms with Gasteiger partial charge in [0.15, 0.2) is 0 Å². The number of anilines is 2. The quantitative estimate of drug-likeness (QED) is 0.766. The van der Waals surface area contributed by atoms with E-state index in [1.165, 1.54) is 0 Å². The van der Waals surface area contributed by atoms with E-state index in [0.717, 1.165) is 11.3 Å². The molecule has 2 amide bonds. The van der Waals surface area contributed by atoms with Crippen LogP contribution in [0.15, 0.2) is 42.5 Å². The molecule has 4 N–H and O–H groups in total. The van der Waals surface area contributed by atoms with Crippen molar-refractivity contribution >= 4 is 40.6 Å². The van der Waals surface area contributed by atoms with Gasteiger partial charge in [-0.1, -0.05) is 29.3 Å². The number of benzene rings is 2. The van der Waals surface area contributed by atoms with E-state index < -0.39 is 6.03 Å². The van der Waals surface area contributed by atoms with Crippen molar-refractivity contribution in [3.63, 3.8) is 0 Å². The maximum Gasteiger partial charge on any atom is 0.316 e. The lowest BCUT2D eigenvalue weighted by atomic mass is 10.1. The second-order valence-electron chi connectivity index (χ2n) is 4.61. The molecule has 6 heteroatoms. The number of amides is 2. The Morgan fingerprint density at radius 1 is 1.05 bits per heavy atom. The molecule has 0 radical (unpaired) electrons. The first kappa shape index (κ1) is 15.5. The molecular formula is C15H15Cl2N3O. The number of hydrogen-bond acceptors (Lipinski definition) is 2. The summed E-state index contributed by atoms with van der Waals surface area (Å²) in [5.41, 5.74) is 7.66. The Hall–Kier alpha value is -1.91. The smallest absolute Gasteiger partial charge is 0.316 e. The average molecular weight is 324 g/mol. The van der Waals surface area contributed by atoms with Crippen LogP contribution in [0.2, 0.25) is 10.0 Å².